The largest absolute Gasteiger partial charge is 0.384 e. The van der Waals surface area contributed by atoms with Crippen LogP contribution in [-0.4, -0.2) is 10.9 Å². The number of nitrogens with two attached hydrogens (primary N) is 1. The molecule has 0 fully saturated rings. The Kier molecular flexibility index (Phi) is 4.16. The molecule has 19 heavy (non-hydrogen) atoms. The van der Waals surface area contributed by atoms with Crippen LogP contribution in [0.5, 0.6) is 0 Å². The van der Waals surface area contributed by atoms with E-state index in [2.05, 4.69) is 26.2 Å². The molecule has 0 saturated carbocycles. The molecule has 0 spiro atoms. The summed E-state index contributed by atoms with van der Waals surface area (Å²) in [6, 6.07) is 9.28. The Morgan fingerprint density at radius 3 is 2.84 bits per heavy atom. The maximum atomic E-state index is 11.9. The monoisotopic (exact) mass is 319 g/mol. The summed E-state index contributed by atoms with van der Waals surface area (Å²) in [5.74, 6) is 0.355. The summed E-state index contributed by atoms with van der Waals surface area (Å²) in [4.78, 5) is 15.9. The molecule has 4 nitrogen and oxygen atoms in total. The summed E-state index contributed by atoms with van der Waals surface area (Å²) < 4.78 is 0.968. The first-order valence-corrected chi connectivity index (χ1v) is 6.60. The van der Waals surface area contributed by atoms with Crippen molar-refractivity contribution in [2.45, 2.75) is 13.3 Å². The zero-order valence-corrected chi connectivity index (χ0v) is 12.1. The van der Waals surface area contributed by atoms with E-state index in [-0.39, 0.29) is 5.91 Å². The molecule has 1 amide bonds. The number of aryl methyl sites for hydroxylation is 1. The van der Waals surface area contributed by atoms with Crippen LogP contribution in [0.25, 0.3) is 0 Å². The molecule has 0 radical (unpaired) electrons. The van der Waals surface area contributed by atoms with E-state index >= 15 is 0 Å². The average molecular weight is 320 g/mol. The number of nitrogens with one attached hydrogen (secondary N) is 1. The minimum atomic E-state index is -0.0761. The van der Waals surface area contributed by atoms with E-state index < -0.39 is 0 Å². The second-order valence-corrected chi connectivity index (χ2v) is 5.18. The van der Waals surface area contributed by atoms with Crippen LogP contribution in [0.1, 0.15) is 11.1 Å². The van der Waals surface area contributed by atoms with Gasteiger partial charge in [0.1, 0.15) is 5.82 Å². The van der Waals surface area contributed by atoms with Crippen LogP contribution >= 0.6 is 15.9 Å². The zero-order chi connectivity index (χ0) is 13.8. The molecule has 5 heteroatoms. The Balaban J connectivity index is 2.05. The van der Waals surface area contributed by atoms with E-state index in [1.54, 1.807) is 18.3 Å². The zero-order valence-electron chi connectivity index (χ0n) is 10.5. The third-order valence-corrected chi connectivity index (χ3v) is 3.23. The van der Waals surface area contributed by atoms with Gasteiger partial charge in [-0.25, -0.2) is 4.98 Å². The summed E-state index contributed by atoms with van der Waals surface area (Å²) in [5.41, 5.74) is 8.22. The van der Waals surface area contributed by atoms with Crippen LogP contribution in [-0.2, 0) is 11.2 Å². The fourth-order valence-corrected chi connectivity index (χ4v) is 2.10. The topological polar surface area (TPSA) is 68.0 Å². The highest BCUT2D eigenvalue weighted by Gasteiger charge is 2.07. The molecular weight excluding hydrogens is 306 g/mol. The summed E-state index contributed by atoms with van der Waals surface area (Å²) in [6.07, 6.45) is 1.87. The number of nitrogen functional groups attached to an aromatic ring is 1. The fraction of sp³-hybridized carbons (Fsp3) is 0.143. The molecule has 0 aliphatic rings. The highest BCUT2D eigenvalue weighted by molar-refractivity contribution is 9.10. The lowest BCUT2D eigenvalue weighted by Gasteiger charge is -2.08. The summed E-state index contributed by atoms with van der Waals surface area (Å²) in [7, 11) is 0. The molecule has 1 heterocycles. The molecule has 2 rings (SSSR count). The molecule has 1 aromatic heterocycles. The van der Waals surface area contributed by atoms with E-state index in [4.69, 9.17) is 5.73 Å². The molecular formula is C14H14BrN3O. The van der Waals surface area contributed by atoms with Crippen LogP contribution in [0, 0.1) is 6.92 Å². The highest BCUT2D eigenvalue weighted by atomic mass is 79.9. The van der Waals surface area contributed by atoms with E-state index in [1.165, 1.54) is 0 Å². The van der Waals surface area contributed by atoms with E-state index in [0.29, 0.717) is 17.9 Å². The SMILES string of the molecule is Cc1ccc(Br)cc1CC(=O)Nc1ccc(N)nc1. The van der Waals surface area contributed by atoms with Gasteiger partial charge in [0.2, 0.25) is 5.91 Å². The number of amides is 1. The van der Waals surface area contributed by atoms with Crippen molar-refractivity contribution in [1.82, 2.24) is 4.98 Å². The van der Waals surface area contributed by atoms with Crippen molar-refractivity contribution >= 4 is 33.3 Å². The quantitative estimate of drug-likeness (QED) is 0.914. The maximum absolute atomic E-state index is 11.9. The first-order chi connectivity index (χ1) is 9.04. The number of aromatic nitrogens is 1. The Labute approximate surface area is 120 Å². The fourth-order valence-electron chi connectivity index (χ4n) is 1.69. The van der Waals surface area contributed by atoms with Crippen molar-refractivity contribution in [3.63, 3.8) is 0 Å². The van der Waals surface area contributed by atoms with Crippen LogP contribution in [0.4, 0.5) is 11.5 Å². The molecule has 0 saturated heterocycles. The number of hydrogen-bond donors (Lipinski definition) is 2. The maximum Gasteiger partial charge on any atom is 0.228 e. The van der Waals surface area contributed by atoms with Gasteiger partial charge in [-0.2, -0.15) is 0 Å². The van der Waals surface area contributed by atoms with Gasteiger partial charge in [0.05, 0.1) is 18.3 Å². The minimum absolute atomic E-state index is 0.0761. The molecule has 0 aliphatic heterocycles. The first kappa shape index (κ1) is 13.5. The van der Waals surface area contributed by atoms with E-state index in [1.807, 2.05) is 25.1 Å². The number of carbonyl (C=O) groups is 1. The van der Waals surface area contributed by atoms with Crippen molar-refractivity contribution in [2.24, 2.45) is 0 Å². The smallest absolute Gasteiger partial charge is 0.228 e. The second-order valence-electron chi connectivity index (χ2n) is 4.27. The number of pyridine rings is 1. The number of nitrogens with zero attached hydrogens (tertiary/aromatic N) is 1. The average Bonchev–Trinajstić information content (AvgIpc) is 2.37. The molecule has 1 aromatic carbocycles. The Morgan fingerprint density at radius 2 is 2.16 bits per heavy atom. The van der Waals surface area contributed by atoms with Gasteiger partial charge in [0, 0.05) is 4.47 Å². The molecule has 0 unspecified atom stereocenters. The van der Waals surface area contributed by atoms with Crippen LogP contribution in [0.3, 0.4) is 0 Å². The lowest BCUT2D eigenvalue weighted by Crippen LogP contribution is -2.15. The van der Waals surface area contributed by atoms with E-state index in [0.717, 1.165) is 15.6 Å². The summed E-state index contributed by atoms with van der Waals surface area (Å²) >= 11 is 3.41. The molecule has 2 aromatic rings. The van der Waals surface area contributed by atoms with Crippen LogP contribution < -0.4 is 11.1 Å². The molecule has 0 atom stereocenters. The van der Waals surface area contributed by atoms with E-state index in [9.17, 15) is 4.79 Å². The number of halogens is 1. The third kappa shape index (κ3) is 3.79. The lowest BCUT2D eigenvalue weighted by atomic mass is 10.1. The first-order valence-electron chi connectivity index (χ1n) is 5.81. The van der Waals surface area contributed by atoms with Crippen LogP contribution in [0.2, 0.25) is 0 Å². The lowest BCUT2D eigenvalue weighted by molar-refractivity contribution is -0.115. The Bertz CT molecular complexity index is 596. The summed E-state index contributed by atoms with van der Waals surface area (Å²) in [6.45, 7) is 1.99. The van der Waals surface area contributed by atoms with Crippen molar-refractivity contribution in [2.75, 3.05) is 11.1 Å². The van der Waals surface area contributed by atoms with Crippen LogP contribution in [0.15, 0.2) is 41.0 Å². The van der Waals surface area contributed by atoms with Gasteiger partial charge in [-0.3, -0.25) is 4.79 Å². The molecule has 0 aliphatic carbocycles. The van der Waals surface area contributed by atoms with Gasteiger partial charge in [-0.1, -0.05) is 22.0 Å². The predicted octanol–water partition coefficient (Wildman–Crippen LogP) is 2.92. The van der Waals surface area contributed by atoms with Gasteiger partial charge < -0.3 is 11.1 Å². The van der Waals surface area contributed by atoms with Gasteiger partial charge in [-0.15, -0.1) is 0 Å². The number of rotatable bonds is 3. The van der Waals surface area contributed by atoms with Gasteiger partial charge >= 0.3 is 0 Å². The number of benzene rings is 1. The third-order valence-electron chi connectivity index (χ3n) is 2.73. The molecule has 3 N–H and O–H groups in total. The standard InChI is InChI=1S/C14H14BrN3O/c1-9-2-3-11(15)6-10(9)7-14(19)18-12-4-5-13(16)17-8-12/h2-6,8H,7H2,1H3,(H2,16,17)(H,18,19). The van der Waals surface area contributed by atoms with Gasteiger partial charge in [-0.05, 0) is 42.3 Å². The Hall–Kier alpha value is -1.88. The molecule has 0 bridgehead atoms. The van der Waals surface area contributed by atoms with Crippen molar-refractivity contribution in [3.05, 3.63) is 52.1 Å². The number of anilines is 2. The number of carbonyl (C=O) groups excluding carboxylic acids is 1. The minimum Gasteiger partial charge on any atom is -0.384 e. The number of hydrogen-bond acceptors (Lipinski definition) is 3. The Morgan fingerprint density at radius 1 is 1.37 bits per heavy atom. The van der Waals surface area contributed by atoms with Crippen molar-refractivity contribution < 1.29 is 4.79 Å². The normalized spacial score (nSPS) is 10.2. The molecule has 98 valence electrons. The second kappa shape index (κ2) is 5.84. The van der Waals surface area contributed by atoms with Crippen molar-refractivity contribution in [3.8, 4) is 0 Å². The van der Waals surface area contributed by atoms with Gasteiger partial charge in [0.15, 0.2) is 0 Å². The van der Waals surface area contributed by atoms with Crippen molar-refractivity contribution in [1.29, 1.82) is 0 Å². The predicted molar refractivity (Wildman–Crippen MR) is 79.9 cm³/mol. The highest BCUT2D eigenvalue weighted by Crippen LogP contribution is 2.17. The van der Waals surface area contributed by atoms with Gasteiger partial charge in [0.25, 0.3) is 0 Å². The summed E-state index contributed by atoms with van der Waals surface area (Å²) in [5, 5.41) is 2.79.